The van der Waals surface area contributed by atoms with Gasteiger partial charge in [0.2, 0.25) is 0 Å². The molecule has 8 heteroatoms. The van der Waals surface area contributed by atoms with Crippen LogP contribution in [0.3, 0.4) is 0 Å². The molecule has 0 spiro atoms. The Morgan fingerprint density at radius 3 is 2.42 bits per heavy atom. The Hall–Kier alpha value is -3.55. The van der Waals surface area contributed by atoms with Crippen molar-refractivity contribution < 1.29 is 18.9 Å². The van der Waals surface area contributed by atoms with Gasteiger partial charge in [-0.25, -0.2) is 0 Å². The van der Waals surface area contributed by atoms with Gasteiger partial charge in [-0.2, -0.15) is 10.1 Å². The molecule has 1 saturated heterocycles. The molecule has 2 saturated carbocycles. The summed E-state index contributed by atoms with van der Waals surface area (Å²) in [6.45, 7) is 1.78. The second-order valence-corrected chi connectivity index (χ2v) is 8.87. The minimum absolute atomic E-state index is 0.0478. The summed E-state index contributed by atoms with van der Waals surface area (Å²) in [5, 5.41) is 16.5. The van der Waals surface area contributed by atoms with Gasteiger partial charge in [-0.3, -0.25) is 19.7 Å². The summed E-state index contributed by atoms with van der Waals surface area (Å²) >= 11 is 0. The summed E-state index contributed by atoms with van der Waals surface area (Å²) in [6, 6.07) is 8.13. The molecule has 3 fully saturated rings. The van der Waals surface area contributed by atoms with Gasteiger partial charge in [0, 0.05) is 6.07 Å². The quantitative estimate of drug-likeness (QED) is 0.249. The molecule has 2 amide bonds. The van der Waals surface area contributed by atoms with Gasteiger partial charge in [-0.1, -0.05) is 18.2 Å². The predicted octanol–water partition coefficient (Wildman–Crippen LogP) is 3.55. The number of allylic oxidation sites excluding steroid dienone is 2. The zero-order chi connectivity index (χ0) is 21.4. The summed E-state index contributed by atoms with van der Waals surface area (Å²) in [5.74, 6) is 0.922. The lowest BCUT2D eigenvalue weighted by molar-refractivity contribution is -0.384. The molecule has 5 aliphatic rings. The molecule has 1 aromatic heterocycles. The number of nitro benzene ring substituents is 1. The Labute approximate surface area is 177 Å². The molecule has 31 heavy (non-hydrogen) atoms. The standard InChI is InChI=1S/C23H19N3O5/c1-11-2-4-15(18(8-11)26(29)30)19-7-3-12(31-19)10-24-25-22(27)20-13-5-6-14(17-9-16(13)17)21(20)23(25)28/h2-8,10,13-14,16-17,20-21H,9H2,1H3/b24-10-/t13-,14+,16-,17+,20+,21-. The Morgan fingerprint density at radius 1 is 1.10 bits per heavy atom. The molecule has 0 radical (unpaired) electrons. The maximum absolute atomic E-state index is 13.0. The van der Waals surface area contributed by atoms with E-state index in [9.17, 15) is 19.7 Å². The van der Waals surface area contributed by atoms with E-state index in [1.807, 2.05) is 0 Å². The molecule has 0 N–H and O–H groups in total. The number of imide groups is 1. The summed E-state index contributed by atoms with van der Waals surface area (Å²) in [4.78, 5) is 36.8. The number of nitrogens with zero attached hydrogens (tertiary/aromatic N) is 3. The summed E-state index contributed by atoms with van der Waals surface area (Å²) < 4.78 is 5.71. The highest BCUT2D eigenvalue weighted by Crippen LogP contribution is 2.65. The molecule has 4 aliphatic carbocycles. The van der Waals surface area contributed by atoms with Gasteiger partial charge in [0.15, 0.2) is 0 Å². The molecular weight excluding hydrogens is 398 g/mol. The number of carbonyl (C=O) groups is 2. The van der Waals surface area contributed by atoms with E-state index in [0.29, 0.717) is 28.9 Å². The zero-order valence-corrected chi connectivity index (χ0v) is 16.7. The average molecular weight is 417 g/mol. The fourth-order valence-corrected chi connectivity index (χ4v) is 5.74. The van der Waals surface area contributed by atoms with Crippen LogP contribution in [0.4, 0.5) is 5.69 Å². The topological polar surface area (TPSA) is 106 Å². The highest BCUT2D eigenvalue weighted by Gasteiger charge is 2.67. The van der Waals surface area contributed by atoms with Crippen molar-refractivity contribution in [1.29, 1.82) is 0 Å². The van der Waals surface area contributed by atoms with Crippen molar-refractivity contribution in [3.8, 4) is 11.3 Å². The van der Waals surface area contributed by atoms with E-state index in [4.69, 9.17) is 4.42 Å². The maximum atomic E-state index is 13.0. The van der Waals surface area contributed by atoms with Crippen molar-refractivity contribution >= 4 is 23.7 Å². The Balaban J connectivity index is 1.26. The molecule has 2 aromatic rings. The number of nitro groups is 1. The van der Waals surface area contributed by atoms with Crippen LogP contribution >= 0.6 is 0 Å². The Kier molecular flexibility index (Phi) is 3.66. The van der Waals surface area contributed by atoms with Gasteiger partial charge < -0.3 is 4.42 Å². The number of aryl methyl sites for hydroxylation is 1. The molecule has 156 valence electrons. The first-order valence-corrected chi connectivity index (χ1v) is 10.4. The van der Waals surface area contributed by atoms with Gasteiger partial charge in [-0.15, -0.1) is 0 Å². The van der Waals surface area contributed by atoms with Gasteiger partial charge >= 0.3 is 0 Å². The summed E-state index contributed by atoms with van der Waals surface area (Å²) in [6.07, 6.45) is 6.67. The first kappa shape index (κ1) is 18.2. The first-order chi connectivity index (χ1) is 14.9. The number of amides is 2. The van der Waals surface area contributed by atoms with Crippen LogP contribution in [0.15, 0.2) is 52.0 Å². The maximum Gasteiger partial charge on any atom is 0.280 e. The molecule has 7 rings (SSSR count). The largest absolute Gasteiger partial charge is 0.455 e. The molecule has 1 aliphatic heterocycles. The fourth-order valence-electron chi connectivity index (χ4n) is 5.74. The van der Waals surface area contributed by atoms with E-state index < -0.39 is 4.92 Å². The first-order valence-electron chi connectivity index (χ1n) is 10.4. The van der Waals surface area contributed by atoms with Crippen LogP contribution in [0, 0.1) is 52.5 Å². The van der Waals surface area contributed by atoms with E-state index in [1.54, 1.807) is 31.2 Å². The van der Waals surface area contributed by atoms with Crippen LogP contribution < -0.4 is 0 Å². The fraction of sp³-hybridized carbons (Fsp3) is 0.348. The van der Waals surface area contributed by atoms with Crippen molar-refractivity contribution in [3.63, 3.8) is 0 Å². The average Bonchev–Trinajstić information content (AvgIpc) is 3.39. The Morgan fingerprint density at radius 2 is 1.77 bits per heavy atom. The molecular formula is C23H19N3O5. The monoisotopic (exact) mass is 417 g/mol. The van der Waals surface area contributed by atoms with Gasteiger partial charge in [0.05, 0.1) is 28.5 Å². The number of hydrogen-bond acceptors (Lipinski definition) is 6. The van der Waals surface area contributed by atoms with Crippen molar-refractivity contribution in [3.05, 3.63) is 63.9 Å². The van der Waals surface area contributed by atoms with Gasteiger partial charge in [0.1, 0.15) is 11.5 Å². The van der Waals surface area contributed by atoms with Crippen molar-refractivity contribution in [2.24, 2.45) is 40.6 Å². The number of carbonyl (C=O) groups excluding carboxylic acids is 2. The third-order valence-electron chi connectivity index (χ3n) is 7.18. The molecule has 2 heterocycles. The molecule has 1 aromatic carbocycles. The molecule has 6 atom stereocenters. The third kappa shape index (κ3) is 2.57. The molecule has 0 unspecified atom stereocenters. The number of rotatable bonds is 4. The summed E-state index contributed by atoms with van der Waals surface area (Å²) in [7, 11) is 0. The third-order valence-corrected chi connectivity index (χ3v) is 7.18. The summed E-state index contributed by atoms with van der Waals surface area (Å²) in [5.41, 5.74) is 1.09. The number of hydrogen-bond donors (Lipinski definition) is 0. The smallest absolute Gasteiger partial charge is 0.280 e. The van der Waals surface area contributed by atoms with Gasteiger partial charge in [0.25, 0.3) is 17.5 Å². The highest BCUT2D eigenvalue weighted by molar-refractivity contribution is 6.06. The highest BCUT2D eigenvalue weighted by atomic mass is 16.6. The van der Waals surface area contributed by atoms with E-state index >= 15 is 0 Å². The Bertz CT molecular complexity index is 1180. The van der Waals surface area contributed by atoms with Crippen LogP contribution in [0.25, 0.3) is 11.3 Å². The SMILES string of the molecule is Cc1ccc(-c2ccc(/C=N\N3C(=O)[C@@H]4[C@H]5C=C[C@H]([C@H]6C[C@@H]56)[C@@H]4C3=O)o2)c([N+](=O)[O-])c1. The number of hydrazone groups is 1. The van der Waals surface area contributed by atoms with Crippen LogP contribution in [0.5, 0.6) is 0 Å². The van der Waals surface area contributed by atoms with Crippen LogP contribution in [-0.2, 0) is 9.59 Å². The second-order valence-electron chi connectivity index (χ2n) is 8.87. The van der Waals surface area contributed by atoms with E-state index in [1.165, 1.54) is 12.3 Å². The molecule has 8 nitrogen and oxygen atoms in total. The van der Waals surface area contributed by atoms with Crippen molar-refractivity contribution in [2.75, 3.05) is 0 Å². The van der Waals surface area contributed by atoms with Crippen LogP contribution in [0.1, 0.15) is 17.7 Å². The van der Waals surface area contributed by atoms with Crippen molar-refractivity contribution in [1.82, 2.24) is 5.01 Å². The zero-order valence-electron chi connectivity index (χ0n) is 16.7. The second kappa shape index (κ2) is 6.23. The van der Waals surface area contributed by atoms with E-state index in [0.717, 1.165) is 17.0 Å². The van der Waals surface area contributed by atoms with E-state index in [-0.39, 0.29) is 41.2 Å². The lowest BCUT2D eigenvalue weighted by atomic mass is 9.63. The normalized spacial score (nSPS) is 32.6. The van der Waals surface area contributed by atoms with Gasteiger partial charge in [-0.05, 0) is 60.8 Å². The van der Waals surface area contributed by atoms with Crippen molar-refractivity contribution in [2.45, 2.75) is 13.3 Å². The lowest BCUT2D eigenvalue weighted by Gasteiger charge is -2.37. The van der Waals surface area contributed by atoms with E-state index in [2.05, 4.69) is 17.3 Å². The lowest BCUT2D eigenvalue weighted by Crippen LogP contribution is -2.40. The minimum atomic E-state index is -0.450. The van der Waals surface area contributed by atoms with Crippen LogP contribution in [-0.4, -0.2) is 28.0 Å². The van der Waals surface area contributed by atoms with Crippen LogP contribution in [0.2, 0.25) is 0 Å². The minimum Gasteiger partial charge on any atom is -0.455 e. The number of benzene rings is 1. The molecule has 2 bridgehead atoms. The number of furan rings is 1. The predicted molar refractivity (Wildman–Crippen MR) is 110 cm³/mol.